The first kappa shape index (κ1) is 10.1. The van der Waals surface area contributed by atoms with Crippen LogP contribution in [0.15, 0.2) is 42.4 Å². The molecule has 2 N–H and O–H groups in total. The quantitative estimate of drug-likeness (QED) is 0.788. The second-order valence-corrected chi connectivity index (χ2v) is 3.37. The van der Waals surface area contributed by atoms with Crippen LogP contribution >= 0.6 is 0 Å². The molecule has 0 fully saturated rings. The van der Waals surface area contributed by atoms with E-state index >= 15 is 0 Å². The maximum absolute atomic E-state index is 13.0. The molecular formula is C12H11BFN. The first-order valence-corrected chi connectivity index (χ1v) is 4.85. The summed E-state index contributed by atoms with van der Waals surface area (Å²) in [5.74, 6) is 1.72. The third-order valence-corrected chi connectivity index (χ3v) is 2.37. The van der Waals surface area contributed by atoms with Crippen LogP contribution in [0.1, 0.15) is 5.56 Å². The average molecular weight is 199 g/mol. The van der Waals surface area contributed by atoms with Crippen molar-refractivity contribution in [3.05, 3.63) is 53.7 Å². The van der Waals surface area contributed by atoms with Gasteiger partial charge >= 0.3 is 88.3 Å². The van der Waals surface area contributed by atoms with Crippen LogP contribution in [0.25, 0.3) is 11.0 Å². The van der Waals surface area contributed by atoms with Gasteiger partial charge in [0, 0.05) is 0 Å². The summed E-state index contributed by atoms with van der Waals surface area (Å²) < 4.78 is 13.0. The van der Waals surface area contributed by atoms with E-state index in [4.69, 9.17) is 5.73 Å². The normalized spacial score (nSPS) is 10.0. The summed E-state index contributed by atoms with van der Waals surface area (Å²) in [6.07, 6.45) is 0. The summed E-state index contributed by atoms with van der Waals surface area (Å²) in [7, 11) is 0. The van der Waals surface area contributed by atoms with Gasteiger partial charge in [0.1, 0.15) is 0 Å². The molecule has 0 bridgehead atoms. The van der Waals surface area contributed by atoms with Gasteiger partial charge in [-0.3, -0.25) is 0 Å². The van der Waals surface area contributed by atoms with E-state index in [0.29, 0.717) is 6.54 Å². The molecule has 1 aromatic carbocycles. The van der Waals surface area contributed by atoms with E-state index < -0.39 is 0 Å². The molecule has 15 heavy (non-hydrogen) atoms. The third-order valence-electron chi connectivity index (χ3n) is 2.37. The average Bonchev–Trinajstić information content (AvgIpc) is 2.30. The molecule has 74 valence electrons. The Labute approximate surface area is 89.0 Å². The molecule has 0 atom stereocenters. The standard InChI is InChI=1S/C12H11BFN/c14-10-4-5-11(9(7-10)8-15)12-3-1-2-6-13-12/h1-7H,8,15H2. The molecule has 1 heterocycles. The second-order valence-electron chi connectivity index (χ2n) is 3.37. The van der Waals surface area contributed by atoms with Crippen LogP contribution in [-0.4, -0.2) is 6.91 Å². The first-order chi connectivity index (χ1) is 7.31. The van der Waals surface area contributed by atoms with E-state index in [0.717, 1.165) is 16.6 Å². The summed E-state index contributed by atoms with van der Waals surface area (Å²) in [5, 5.41) is 0. The molecule has 0 aliphatic heterocycles. The molecule has 0 saturated heterocycles. The van der Waals surface area contributed by atoms with Crippen LogP contribution in [-0.2, 0) is 6.54 Å². The van der Waals surface area contributed by atoms with Crippen molar-refractivity contribution >= 4 is 6.91 Å². The van der Waals surface area contributed by atoms with Crippen LogP contribution in [0.5, 0.6) is 0 Å². The fourth-order valence-electron chi connectivity index (χ4n) is 1.63. The molecule has 0 unspecified atom stereocenters. The van der Waals surface area contributed by atoms with Crippen molar-refractivity contribution in [3.63, 3.8) is 0 Å². The Bertz CT molecular complexity index is 456. The van der Waals surface area contributed by atoms with Gasteiger partial charge in [0.05, 0.1) is 0 Å². The van der Waals surface area contributed by atoms with Crippen molar-refractivity contribution < 1.29 is 4.39 Å². The molecule has 3 heteroatoms. The summed E-state index contributed by atoms with van der Waals surface area (Å²) in [6.45, 7) is 2.34. The number of benzene rings is 1. The molecule has 0 amide bonds. The Morgan fingerprint density at radius 3 is 2.73 bits per heavy atom. The maximum atomic E-state index is 13.0. The molecule has 1 nitrogen and oxygen atoms in total. The number of hydrogen-bond donors (Lipinski definition) is 1. The van der Waals surface area contributed by atoms with Crippen molar-refractivity contribution in [2.75, 3.05) is 0 Å². The Morgan fingerprint density at radius 1 is 1.20 bits per heavy atom. The molecule has 0 radical (unpaired) electrons. The monoisotopic (exact) mass is 199 g/mol. The zero-order chi connectivity index (χ0) is 10.7. The van der Waals surface area contributed by atoms with Gasteiger partial charge in [-0.15, -0.1) is 0 Å². The molecular weight excluding hydrogens is 188 g/mol. The van der Waals surface area contributed by atoms with Crippen molar-refractivity contribution in [2.24, 2.45) is 5.73 Å². The van der Waals surface area contributed by atoms with Crippen LogP contribution in [0, 0.1) is 5.82 Å². The topological polar surface area (TPSA) is 26.0 Å². The number of hydrogen-bond acceptors (Lipinski definition) is 1. The van der Waals surface area contributed by atoms with Gasteiger partial charge < -0.3 is 0 Å². The van der Waals surface area contributed by atoms with Crippen LogP contribution < -0.4 is 5.73 Å². The zero-order valence-electron chi connectivity index (χ0n) is 8.28. The van der Waals surface area contributed by atoms with Gasteiger partial charge in [-0.2, -0.15) is 0 Å². The van der Waals surface area contributed by atoms with E-state index in [1.165, 1.54) is 12.1 Å². The van der Waals surface area contributed by atoms with E-state index in [1.54, 1.807) is 6.07 Å². The minimum absolute atomic E-state index is 0.241. The predicted molar refractivity (Wildman–Crippen MR) is 61.1 cm³/mol. The number of nitrogens with two attached hydrogens (primary N) is 1. The van der Waals surface area contributed by atoms with E-state index in [-0.39, 0.29) is 5.82 Å². The zero-order valence-corrected chi connectivity index (χ0v) is 8.28. The predicted octanol–water partition coefficient (Wildman–Crippen LogP) is 2.29. The summed E-state index contributed by atoms with van der Waals surface area (Å²) >= 11 is 0. The molecule has 0 spiro atoms. The molecule has 2 rings (SSSR count). The SMILES string of the molecule is NCc1cc(F)ccc1-c1bcccc1. The second kappa shape index (κ2) is 4.36. The molecule has 0 saturated carbocycles. The Morgan fingerprint density at radius 2 is 2.07 bits per heavy atom. The molecule has 0 aliphatic carbocycles. The molecule has 1 aromatic heterocycles. The summed E-state index contributed by atoms with van der Waals surface area (Å²) in [5.41, 5.74) is 8.49. The van der Waals surface area contributed by atoms with Crippen LogP contribution in [0.3, 0.4) is 0 Å². The van der Waals surface area contributed by atoms with Crippen molar-refractivity contribution in [3.8, 4) is 11.0 Å². The molecule has 2 aromatic rings. The van der Waals surface area contributed by atoms with E-state index in [2.05, 4.69) is 0 Å². The summed E-state index contributed by atoms with van der Waals surface area (Å²) in [6, 6.07) is 10.6. The Kier molecular flexibility index (Phi) is 2.93. The third kappa shape index (κ3) is 2.13. The Balaban J connectivity index is 2.53. The van der Waals surface area contributed by atoms with Gasteiger partial charge in [-0.1, -0.05) is 0 Å². The van der Waals surface area contributed by atoms with E-state index in [9.17, 15) is 4.39 Å². The Hall–Kier alpha value is -1.48. The summed E-state index contributed by atoms with van der Waals surface area (Å²) in [4.78, 5) is 0. The van der Waals surface area contributed by atoms with Crippen LogP contribution in [0.4, 0.5) is 4.39 Å². The van der Waals surface area contributed by atoms with Gasteiger partial charge in [-0.05, 0) is 0 Å². The minimum atomic E-state index is -0.241. The van der Waals surface area contributed by atoms with Crippen molar-refractivity contribution in [2.45, 2.75) is 6.54 Å². The van der Waals surface area contributed by atoms with Crippen molar-refractivity contribution in [1.82, 2.24) is 0 Å². The van der Waals surface area contributed by atoms with Crippen LogP contribution in [0.2, 0.25) is 0 Å². The van der Waals surface area contributed by atoms with Gasteiger partial charge in [-0.25, -0.2) is 0 Å². The van der Waals surface area contributed by atoms with E-state index in [1.807, 2.05) is 31.1 Å². The fourth-order valence-corrected chi connectivity index (χ4v) is 1.63. The van der Waals surface area contributed by atoms with Gasteiger partial charge in [0.15, 0.2) is 0 Å². The number of rotatable bonds is 2. The fraction of sp³-hybridized carbons (Fsp3) is 0.0833. The number of halogens is 1. The molecule has 0 aliphatic rings. The van der Waals surface area contributed by atoms with Gasteiger partial charge in [0.25, 0.3) is 0 Å². The first-order valence-electron chi connectivity index (χ1n) is 4.85. The van der Waals surface area contributed by atoms with Gasteiger partial charge in [0.2, 0.25) is 0 Å². The van der Waals surface area contributed by atoms with Crippen molar-refractivity contribution in [1.29, 1.82) is 0 Å².